The minimum atomic E-state index is -4.28. The number of aromatic nitrogens is 4. The van der Waals surface area contributed by atoms with E-state index in [1.54, 1.807) is 0 Å². The molecule has 0 aliphatic heterocycles. The number of aromatic amines is 2. The van der Waals surface area contributed by atoms with Gasteiger partial charge in [0.1, 0.15) is 13.2 Å². The molecular weight excluding hydrogens is 619 g/mol. The van der Waals surface area contributed by atoms with Gasteiger partial charge in [-0.05, 0) is 25.2 Å². The van der Waals surface area contributed by atoms with Crippen molar-refractivity contribution in [2.24, 2.45) is 0 Å². The van der Waals surface area contributed by atoms with Gasteiger partial charge in [0.05, 0.1) is 5.08 Å². The van der Waals surface area contributed by atoms with E-state index in [0.717, 1.165) is 33.0 Å². The summed E-state index contributed by atoms with van der Waals surface area (Å²) in [5.41, 5.74) is -2.51. The van der Waals surface area contributed by atoms with Crippen molar-refractivity contribution in [2.45, 2.75) is 34.0 Å². The van der Waals surface area contributed by atoms with E-state index in [-0.39, 0.29) is 50.4 Å². The Bertz CT molecular complexity index is 1930. The number of H-pyrrole nitrogens is 2. The average Bonchev–Trinajstić information content (AvgIpc) is 3.49. The zero-order chi connectivity index (χ0) is 30.8. The molecule has 0 bridgehead atoms. The van der Waals surface area contributed by atoms with Crippen LogP contribution in [0.3, 0.4) is 0 Å². The Morgan fingerprint density at radius 2 is 1.52 bits per heavy atom. The Kier molecular flexibility index (Phi) is 9.22. The molecular formula is C23H23N4O12PS2. The lowest BCUT2D eigenvalue weighted by atomic mass is 10.4. The number of thioether (sulfide) groups is 1. The van der Waals surface area contributed by atoms with Gasteiger partial charge in [-0.2, -0.15) is 0 Å². The number of hydrogen-bond donors (Lipinski definition) is 4. The van der Waals surface area contributed by atoms with E-state index in [1.165, 1.54) is 33.2 Å². The summed E-state index contributed by atoms with van der Waals surface area (Å²) < 4.78 is 37.8. The van der Waals surface area contributed by atoms with E-state index >= 15 is 0 Å². The van der Waals surface area contributed by atoms with E-state index < -0.39 is 48.3 Å². The second-order valence-electron chi connectivity index (χ2n) is 8.50. The van der Waals surface area contributed by atoms with E-state index in [2.05, 4.69) is 9.97 Å². The van der Waals surface area contributed by atoms with E-state index in [9.17, 15) is 38.8 Å². The molecule has 42 heavy (non-hydrogen) atoms. The largest absolute Gasteiger partial charge is 0.504 e. The highest BCUT2D eigenvalue weighted by Crippen LogP contribution is 2.62. The van der Waals surface area contributed by atoms with Crippen LogP contribution in [0.4, 0.5) is 0 Å². The highest BCUT2D eigenvalue weighted by atomic mass is 32.7. The first-order valence-electron chi connectivity index (χ1n) is 11.7. The topological polar surface area (TPSA) is 229 Å². The normalized spacial score (nSPS) is 12.8. The molecule has 0 aromatic carbocycles. The molecule has 1 atom stereocenters. The third-order valence-corrected chi connectivity index (χ3v) is 10.3. The summed E-state index contributed by atoms with van der Waals surface area (Å²) in [5.74, 6) is -1.58. The smallest absolute Gasteiger partial charge is 0.441 e. The van der Waals surface area contributed by atoms with Gasteiger partial charge < -0.3 is 23.6 Å². The number of furan rings is 2. The summed E-state index contributed by atoms with van der Waals surface area (Å²) in [6.45, 7) is -1.44. The fourth-order valence-corrected chi connectivity index (χ4v) is 7.97. The molecule has 0 spiro atoms. The van der Waals surface area contributed by atoms with Crippen molar-refractivity contribution < 1.29 is 37.5 Å². The number of aliphatic hydroxyl groups excluding tert-OH is 1. The number of rotatable bonds is 11. The Morgan fingerprint density at radius 3 is 2.07 bits per heavy atom. The fourth-order valence-electron chi connectivity index (χ4n) is 3.32. The molecule has 0 aliphatic carbocycles. The molecule has 0 saturated heterocycles. The summed E-state index contributed by atoms with van der Waals surface area (Å²) in [6.07, 6.45) is 2.40. The predicted molar refractivity (Wildman–Crippen MR) is 151 cm³/mol. The van der Waals surface area contributed by atoms with E-state index in [0.29, 0.717) is 11.4 Å². The summed E-state index contributed by atoms with van der Waals surface area (Å²) >= 11 is 1.42. The second-order valence-corrected chi connectivity index (χ2v) is 14.0. The standard InChI is InChI=1S/C23H23N4O12PS2/c1-11-6-26(22(33)24-20(11)31)18-4-14(30)17(38-18)9-36-40(35,42-10-41-13(3)29)39-15-5-19(37-16(15)8-28)27-7-12(2)21(32)25-23(27)34/h4-7,28,30H,8-10H2,1-3H3,(H,24,31,33)(H,25,32,34). The van der Waals surface area contributed by atoms with Crippen molar-refractivity contribution in [1.82, 2.24) is 19.1 Å². The van der Waals surface area contributed by atoms with Gasteiger partial charge in [0.2, 0.25) is 11.8 Å². The van der Waals surface area contributed by atoms with Gasteiger partial charge >= 0.3 is 18.2 Å². The van der Waals surface area contributed by atoms with Crippen LogP contribution >= 0.6 is 29.9 Å². The molecule has 0 radical (unpaired) electrons. The van der Waals surface area contributed by atoms with Crippen LogP contribution in [0.1, 0.15) is 29.6 Å². The van der Waals surface area contributed by atoms with Gasteiger partial charge in [0, 0.05) is 42.6 Å². The SMILES string of the molecule is CC(=O)SCSP(=O)(OCc1oc(-n2cc(C)c(=O)[nH]c2=O)cc1O)Oc1cc(-n2cc(C)c(=O)[nH]c2=O)oc1CO. The average molecular weight is 643 g/mol. The highest BCUT2D eigenvalue weighted by Gasteiger charge is 2.32. The maximum Gasteiger partial charge on any atom is 0.441 e. The first-order valence-corrected chi connectivity index (χ1v) is 15.9. The summed E-state index contributed by atoms with van der Waals surface area (Å²) in [4.78, 5) is 63.5. The third-order valence-electron chi connectivity index (χ3n) is 5.43. The lowest BCUT2D eigenvalue weighted by molar-refractivity contribution is -0.109. The fraction of sp³-hybridized carbons (Fsp3) is 0.261. The molecule has 19 heteroatoms. The van der Waals surface area contributed by atoms with Crippen molar-refractivity contribution in [2.75, 3.05) is 5.08 Å². The van der Waals surface area contributed by atoms with Crippen molar-refractivity contribution in [3.8, 4) is 23.3 Å². The van der Waals surface area contributed by atoms with Crippen LogP contribution in [0.2, 0.25) is 0 Å². The third kappa shape index (κ3) is 6.91. The Balaban J connectivity index is 1.63. The van der Waals surface area contributed by atoms with Crippen molar-refractivity contribution in [1.29, 1.82) is 0 Å². The van der Waals surface area contributed by atoms with E-state index in [1.807, 2.05) is 0 Å². The number of aromatic hydroxyl groups is 1. The molecule has 4 rings (SSSR count). The molecule has 4 aromatic heterocycles. The molecule has 0 aliphatic rings. The second kappa shape index (κ2) is 12.5. The van der Waals surface area contributed by atoms with Crippen LogP contribution in [0, 0.1) is 13.8 Å². The Morgan fingerprint density at radius 1 is 0.976 bits per heavy atom. The molecule has 4 heterocycles. The van der Waals surface area contributed by atoms with Gasteiger partial charge in [-0.25, -0.2) is 23.3 Å². The van der Waals surface area contributed by atoms with Gasteiger partial charge in [-0.3, -0.25) is 28.9 Å². The summed E-state index contributed by atoms with van der Waals surface area (Å²) in [5, 5.41) is 19.8. The Hall–Kier alpha value is -3.96. The zero-order valence-corrected chi connectivity index (χ0v) is 24.6. The van der Waals surface area contributed by atoms with Crippen LogP contribution in [-0.4, -0.2) is 39.5 Å². The van der Waals surface area contributed by atoms with Gasteiger partial charge in [0.25, 0.3) is 11.1 Å². The van der Waals surface area contributed by atoms with E-state index in [4.69, 9.17) is 17.9 Å². The number of carbonyl (C=O) groups excluding carboxylic acids is 1. The minimum absolute atomic E-state index is 0.0776. The van der Waals surface area contributed by atoms with Crippen LogP contribution in [0.25, 0.3) is 11.8 Å². The number of aliphatic hydroxyl groups is 1. The maximum absolute atomic E-state index is 13.8. The lowest BCUT2D eigenvalue weighted by Crippen LogP contribution is -2.29. The summed E-state index contributed by atoms with van der Waals surface area (Å²) in [6, 6.07) is 2.23. The number of aryl methyl sites for hydroxylation is 2. The predicted octanol–water partition coefficient (Wildman–Crippen LogP) is 2.04. The number of carbonyl (C=O) groups is 1. The molecule has 0 amide bonds. The zero-order valence-electron chi connectivity index (χ0n) is 22.1. The molecule has 1 unspecified atom stereocenters. The van der Waals surface area contributed by atoms with Crippen molar-refractivity contribution >= 4 is 35.1 Å². The lowest BCUT2D eigenvalue weighted by Gasteiger charge is -2.17. The molecule has 0 saturated carbocycles. The molecule has 4 N–H and O–H groups in total. The Labute approximate surface area is 242 Å². The number of nitrogens with zero attached hydrogens (tertiary/aromatic N) is 2. The van der Waals surface area contributed by atoms with Crippen LogP contribution in [-0.2, 0) is 27.1 Å². The number of nitrogens with one attached hydrogen (secondary N) is 2. The first kappa shape index (κ1) is 31.0. The number of hydrogen-bond acceptors (Lipinski definition) is 14. The monoisotopic (exact) mass is 642 g/mol. The van der Waals surface area contributed by atoms with Gasteiger partial charge in [-0.1, -0.05) is 11.8 Å². The van der Waals surface area contributed by atoms with Crippen LogP contribution in [0.5, 0.6) is 11.5 Å². The molecule has 4 aromatic rings. The van der Waals surface area contributed by atoms with Gasteiger partial charge in [0.15, 0.2) is 28.1 Å². The molecule has 224 valence electrons. The highest BCUT2D eigenvalue weighted by molar-refractivity contribution is 8.58. The van der Waals surface area contributed by atoms with Crippen LogP contribution < -0.4 is 27.0 Å². The van der Waals surface area contributed by atoms with Crippen molar-refractivity contribution in [3.05, 3.63) is 88.8 Å². The minimum Gasteiger partial charge on any atom is -0.504 e. The van der Waals surface area contributed by atoms with Crippen molar-refractivity contribution in [3.63, 3.8) is 0 Å². The van der Waals surface area contributed by atoms with Gasteiger partial charge in [-0.15, -0.1) is 0 Å². The summed E-state index contributed by atoms with van der Waals surface area (Å²) in [7, 11) is 0. The maximum atomic E-state index is 13.8. The van der Waals surface area contributed by atoms with Crippen LogP contribution in [0.15, 0.2) is 52.5 Å². The quantitative estimate of drug-likeness (QED) is 0.136. The first-order chi connectivity index (χ1) is 19.8. The molecule has 16 nitrogen and oxygen atoms in total. The molecule has 0 fully saturated rings.